The van der Waals surface area contributed by atoms with E-state index >= 15 is 0 Å². The quantitative estimate of drug-likeness (QED) is 0.360. The lowest BCUT2D eigenvalue weighted by Crippen LogP contribution is -2.52. The number of rotatable bonds is 4. The third-order valence-electron chi connectivity index (χ3n) is 5.59. The topological polar surface area (TPSA) is 36.9 Å². The smallest absolute Gasteiger partial charge is 0.193 e. The molecule has 2 fully saturated rings. The van der Waals surface area contributed by atoms with Gasteiger partial charge in [0.15, 0.2) is 5.96 Å². The monoisotopic (exact) mass is 523 g/mol. The predicted molar refractivity (Wildman–Crippen MR) is 128 cm³/mol. The molecule has 0 bridgehead atoms. The number of thioether (sulfide) groups is 1. The number of aliphatic imine (C=N–C) groups is 1. The van der Waals surface area contributed by atoms with Crippen molar-refractivity contribution in [3.63, 3.8) is 0 Å². The zero-order chi connectivity index (χ0) is 18.4. The van der Waals surface area contributed by atoms with E-state index in [1.807, 2.05) is 19.2 Å². The molecule has 1 aromatic rings. The second-order valence-corrected chi connectivity index (χ2v) is 8.94. The Morgan fingerprint density at radius 3 is 2.78 bits per heavy atom. The summed E-state index contributed by atoms with van der Waals surface area (Å²) in [6.45, 7) is 6.80. The summed E-state index contributed by atoms with van der Waals surface area (Å²) in [5.41, 5.74) is 1.23. The van der Waals surface area contributed by atoms with Crippen LogP contribution >= 0.6 is 47.3 Å². The number of hydrogen-bond donors (Lipinski definition) is 1. The minimum absolute atomic E-state index is 0. The van der Waals surface area contributed by atoms with Crippen LogP contribution in [0.25, 0.3) is 0 Å². The van der Waals surface area contributed by atoms with E-state index in [0.29, 0.717) is 5.25 Å². The SMILES string of the molecule is CCC1CN(C(=NC)NCC2(c3ccccc3Cl)CCOCC2)CCS1.I. The third-order valence-corrected chi connectivity index (χ3v) is 7.29. The molecule has 2 aliphatic heterocycles. The van der Waals surface area contributed by atoms with Gasteiger partial charge in [0.1, 0.15) is 0 Å². The van der Waals surface area contributed by atoms with Gasteiger partial charge >= 0.3 is 0 Å². The molecule has 0 aliphatic carbocycles. The number of benzene rings is 1. The highest BCUT2D eigenvalue weighted by atomic mass is 127. The molecular formula is C20H31ClIN3OS. The van der Waals surface area contributed by atoms with Gasteiger partial charge in [-0.25, -0.2) is 0 Å². The summed E-state index contributed by atoms with van der Waals surface area (Å²) < 4.78 is 5.65. The number of guanidine groups is 1. The fourth-order valence-corrected chi connectivity index (χ4v) is 5.45. The average Bonchev–Trinajstić information content (AvgIpc) is 2.69. The molecule has 152 valence electrons. The van der Waals surface area contributed by atoms with Gasteiger partial charge in [-0.15, -0.1) is 24.0 Å². The van der Waals surface area contributed by atoms with Crippen molar-refractivity contribution >= 4 is 53.3 Å². The van der Waals surface area contributed by atoms with Crippen molar-refractivity contribution in [2.75, 3.05) is 45.6 Å². The Balaban J connectivity index is 0.00000261. The standard InChI is InChI=1S/C20H30ClN3OS.HI/c1-3-16-14-24(10-13-26-16)19(22-2)23-15-20(8-11-25-12-9-20)17-6-4-5-7-18(17)21;/h4-7,16H,3,8-15H2,1-2H3,(H,22,23);1H. The van der Waals surface area contributed by atoms with Gasteiger partial charge in [-0.3, -0.25) is 4.99 Å². The third kappa shape index (κ3) is 5.67. The van der Waals surface area contributed by atoms with Crippen molar-refractivity contribution in [2.45, 2.75) is 36.9 Å². The molecule has 1 aromatic carbocycles. The van der Waals surface area contributed by atoms with Crippen LogP contribution in [0.15, 0.2) is 29.3 Å². The number of nitrogens with zero attached hydrogens (tertiary/aromatic N) is 2. The summed E-state index contributed by atoms with van der Waals surface area (Å²) in [7, 11) is 1.89. The van der Waals surface area contributed by atoms with Crippen molar-refractivity contribution in [2.24, 2.45) is 4.99 Å². The second-order valence-electron chi connectivity index (χ2n) is 7.12. The van der Waals surface area contributed by atoms with E-state index in [-0.39, 0.29) is 29.4 Å². The minimum atomic E-state index is 0. The Morgan fingerprint density at radius 2 is 2.11 bits per heavy atom. The maximum absolute atomic E-state index is 6.57. The fraction of sp³-hybridized carbons (Fsp3) is 0.650. The van der Waals surface area contributed by atoms with Gasteiger partial charge < -0.3 is 15.0 Å². The summed E-state index contributed by atoms with van der Waals surface area (Å²) in [4.78, 5) is 6.98. The summed E-state index contributed by atoms with van der Waals surface area (Å²) in [5, 5.41) is 5.22. The van der Waals surface area contributed by atoms with E-state index in [1.165, 1.54) is 17.7 Å². The van der Waals surface area contributed by atoms with E-state index in [4.69, 9.17) is 16.3 Å². The van der Waals surface area contributed by atoms with E-state index in [2.05, 4.69) is 46.0 Å². The van der Waals surface area contributed by atoms with E-state index < -0.39 is 0 Å². The first-order valence-corrected chi connectivity index (χ1v) is 11.0. The summed E-state index contributed by atoms with van der Waals surface area (Å²) in [6.07, 6.45) is 3.17. The first-order chi connectivity index (χ1) is 12.7. The van der Waals surface area contributed by atoms with Crippen LogP contribution in [0.4, 0.5) is 0 Å². The van der Waals surface area contributed by atoms with Crippen LogP contribution in [0, 0.1) is 0 Å². The van der Waals surface area contributed by atoms with Gasteiger partial charge in [-0.1, -0.05) is 36.7 Å². The molecule has 27 heavy (non-hydrogen) atoms. The van der Waals surface area contributed by atoms with Crippen LogP contribution in [0.2, 0.25) is 5.02 Å². The van der Waals surface area contributed by atoms with Crippen LogP contribution in [0.3, 0.4) is 0 Å². The van der Waals surface area contributed by atoms with Crippen LogP contribution in [0.1, 0.15) is 31.7 Å². The fourth-order valence-electron chi connectivity index (χ4n) is 3.93. The first kappa shape index (κ1) is 23.1. The molecule has 2 aliphatic rings. The average molecular weight is 524 g/mol. The molecule has 2 heterocycles. The van der Waals surface area contributed by atoms with E-state index in [9.17, 15) is 0 Å². The van der Waals surface area contributed by atoms with Crippen molar-refractivity contribution in [1.82, 2.24) is 10.2 Å². The lowest BCUT2D eigenvalue weighted by Gasteiger charge is -2.40. The molecule has 0 saturated carbocycles. The van der Waals surface area contributed by atoms with Gasteiger partial charge in [-0.2, -0.15) is 11.8 Å². The van der Waals surface area contributed by atoms with E-state index in [1.54, 1.807) is 0 Å². The van der Waals surface area contributed by atoms with Gasteiger partial charge in [0, 0.05) is 61.3 Å². The highest BCUT2D eigenvalue weighted by molar-refractivity contribution is 14.0. The molecule has 4 nitrogen and oxygen atoms in total. The Kier molecular flexibility index (Phi) is 9.52. The minimum Gasteiger partial charge on any atom is -0.381 e. The summed E-state index contributed by atoms with van der Waals surface area (Å²) >= 11 is 8.65. The van der Waals surface area contributed by atoms with Crippen LogP contribution in [0.5, 0.6) is 0 Å². The van der Waals surface area contributed by atoms with Gasteiger partial charge in [0.05, 0.1) is 0 Å². The molecule has 3 rings (SSSR count). The molecule has 2 saturated heterocycles. The normalized spacial score (nSPS) is 22.9. The van der Waals surface area contributed by atoms with Crippen molar-refractivity contribution < 1.29 is 4.74 Å². The Morgan fingerprint density at radius 1 is 1.37 bits per heavy atom. The number of nitrogens with one attached hydrogen (secondary N) is 1. The molecule has 1 N–H and O–H groups in total. The molecule has 0 amide bonds. The lowest BCUT2D eigenvalue weighted by molar-refractivity contribution is 0.0512. The Hall–Kier alpha value is -0.180. The Labute approximate surface area is 189 Å². The maximum Gasteiger partial charge on any atom is 0.193 e. The van der Waals surface area contributed by atoms with Crippen LogP contribution in [-0.2, 0) is 10.2 Å². The zero-order valence-electron chi connectivity index (χ0n) is 16.2. The molecular weight excluding hydrogens is 493 g/mol. The number of halogens is 2. The lowest BCUT2D eigenvalue weighted by atomic mass is 9.74. The largest absolute Gasteiger partial charge is 0.381 e. The van der Waals surface area contributed by atoms with Crippen molar-refractivity contribution in [1.29, 1.82) is 0 Å². The van der Waals surface area contributed by atoms with Crippen LogP contribution in [-0.4, -0.2) is 61.8 Å². The van der Waals surface area contributed by atoms with Crippen molar-refractivity contribution in [3.8, 4) is 0 Å². The van der Waals surface area contributed by atoms with Crippen molar-refractivity contribution in [3.05, 3.63) is 34.9 Å². The maximum atomic E-state index is 6.57. The zero-order valence-corrected chi connectivity index (χ0v) is 20.2. The molecule has 1 atom stereocenters. The molecule has 0 spiro atoms. The number of ether oxygens (including phenoxy) is 1. The van der Waals surface area contributed by atoms with Gasteiger partial charge in [0.2, 0.25) is 0 Å². The van der Waals surface area contributed by atoms with Crippen LogP contribution < -0.4 is 5.32 Å². The first-order valence-electron chi connectivity index (χ1n) is 9.58. The summed E-state index contributed by atoms with van der Waals surface area (Å²) in [6, 6.07) is 8.25. The number of hydrogen-bond acceptors (Lipinski definition) is 3. The molecule has 0 radical (unpaired) electrons. The van der Waals surface area contributed by atoms with E-state index in [0.717, 1.165) is 56.7 Å². The molecule has 1 unspecified atom stereocenters. The summed E-state index contributed by atoms with van der Waals surface area (Å²) in [5.74, 6) is 2.18. The van der Waals surface area contributed by atoms with Gasteiger partial charge in [0.25, 0.3) is 0 Å². The molecule has 0 aromatic heterocycles. The predicted octanol–water partition coefficient (Wildman–Crippen LogP) is 4.41. The highest BCUT2D eigenvalue weighted by Gasteiger charge is 2.36. The molecule has 7 heteroatoms. The second kappa shape index (κ2) is 11.1. The Bertz CT molecular complexity index is 625. The highest BCUT2D eigenvalue weighted by Crippen LogP contribution is 2.38. The van der Waals surface area contributed by atoms with Gasteiger partial charge in [-0.05, 0) is 30.9 Å².